The number of methoxy groups -OCH3 is 1. The number of nitrogens with one attached hydrogen (secondary N) is 1. The van der Waals surface area contributed by atoms with Crippen LogP contribution in [-0.4, -0.2) is 53.7 Å². The molecule has 1 N–H and O–H groups in total. The topological polar surface area (TPSA) is 84.9 Å². The number of esters is 1. The first-order chi connectivity index (χ1) is 14.2. The van der Waals surface area contributed by atoms with Crippen molar-refractivity contribution in [2.75, 3.05) is 7.11 Å². The molecule has 2 amide bonds. The van der Waals surface area contributed by atoms with Crippen molar-refractivity contribution in [3.8, 4) is 0 Å². The molecule has 1 heterocycles. The van der Waals surface area contributed by atoms with E-state index in [1.54, 1.807) is 26.8 Å². The van der Waals surface area contributed by atoms with Gasteiger partial charge in [0.1, 0.15) is 17.7 Å². The van der Waals surface area contributed by atoms with Crippen molar-refractivity contribution in [1.29, 1.82) is 0 Å². The van der Waals surface area contributed by atoms with Gasteiger partial charge in [-0.05, 0) is 45.6 Å². The third kappa shape index (κ3) is 6.34. The Morgan fingerprint density at radius 2 is 1.90 bits per heavy atom. The maximum atomic E-state index is 13.1. The Morgan fingerprint density at radius 1 is 1.23 bits per heavy atom. The summed E-state index contributed by atoms with van der Waals surface area (Å²) in [6, 6.07) is 7.65. The second kappa shape index (κ2) is 10.3. The Hall–Kier alpha value is -2.83. The van der Waals surface area contributed by atoms with E-state index in [1.807, 2.05) is 30.3 Å². The Morgan fingerprint density at radius 3 is 2.47 bits per heavy atom. The average molecular weight is 417 g/mol. The van der Waals surface area contributed by atoms with Crippen molar-refractivity contribution < 1.29 is 23.9 Å². The highest BCUT2D eigenvalue weighted by Crippen LogP contribution is 2.29. The highest BCUT2D eigenvalue weighted by Gasteiger charge is 2.43. The zero-order chi connectivity index (χ0) is 22.3. The Bertz CT molecular complexity index is 757. The Kier molecular flexibility index (Phi) is 8.03. The minimum Gasteiger partial charge on any atom is -0.467 e. The third-order valence-corrected chi connectivity index (χ3v) is 4.93. The lowest BCUT2D eigenvalue weighted by Gasteiger charge is -2.32. The van der Waals surface area contributed by atoms with Gasteiger partial charge < -0.3 is 14.8 Å². The number of likely N-dealkylation sites (tertiary alicyclic amines) is 1. The van der Waals surface area contributed by atoms with E-state index >= 15 is 0 Å². The summed E-state index contributed by atoms with van der Waals surface area (Å²) in [6.45, 7) is 9.10. The fourth-order valence-electron chi connectivity index (χ4n) is 3.61. The van der Waals surface area contributed by atoms with Crippen LogP contribution in [0.4, 0.5) is 4.79 Å². The van der Waals surface area contributed by atoms with Crippen molar-refractivity contribution in [2.24, 2.45) is 0 Å². The van der Waals surface area contributed by atoms with E-state index in [0.29, 0.717) is 25.7 Å². The monoisotopic (exact) mass is 416 g/mol. The third-order valence-electron chi connectivity index (χ3n) is 4.93. The van der Waals surface area contributed by atoms with Crippen molar-refractivity contribution in [3.63, 3.8) is 0 Å². The molecule has 0 radical (unpaired) electrons. The molecule has 0 aromatic heterocycles. The van der Waals surface area contributed by atoms with Gasteiger partial charge in [-0.3, -0.25) is 9.69 Å². The van der Waals surface area contributed by atoms with Crippen LogP contribution >= 0.6 is 0 Å². The van der Waals surface area contributed by atoms with Crippen molar-refractivity contribution in [3.05, 3.63) is 48.6 Å². The van der Waals surface area contributed by atoms with Gasteiger partial charge in [-0.2, -0.15) is 0 Å². The molecule has 1 aromatic rings. The van der Waals surface area contributed by atoms with Gasteiger partial charge in [0.2, 0.25) is 5.91 Å². The lowest BCUT2D eigenvalue weighted by Crippen LogP contribution is -2.54. The molecule has 3 atom stereocenters. The van der Waals surface area contributed by atoms with E-state index in [1.165, 1.54) is 12.0 Å². The number of ether oxygens (including phenoxy) is 2. The molecule has 1 unspecified atom stereocenters. The molecule has 1 aromatic carbocycles. The molecule has 2 rings (SSSR count). The highest BCUT2D eigenvalue weighted by atomic mass is 16.6. The van der Waals surface area contributed by atoms with E-state index in [2.05, 4.69) is 11.9 Å². The lowest BCUT2D eigenvalue weighted by atomic mass is 10.1. The summed E-state index contributed by atoms with van der Waals surface area (Å²) in [5.74, 6) is -0.921. The van der Waals surface area contributed by atoms with Gasteiger partial charge in [0, 0.05) is 12.5 Å². The number of amides is 2. The van der Waals surface area contributed by atoms with Crippen LogP contribution in [0.3, 0.4) is 0 Å². The molecule has 0 saturated carbocycles. The van der Waals surface area contributed by atoms with Crippen LogP contribution in [0.1, 0.15) is 45.6 Å². The van der Waals surface area contributed by atoms with Gasteiger partial charge in [-0.1, -0.05) is 36.4 Å². The van der Waals surface area contributed by atoms with Gasteiger partial charge in [-0.15, -0.1) is 6.58 Å². The largest absolute Gasteiger partial charge is 0.467 e. The summed E-state index contributed by atoms with van der Waals surface area (Å²) in [5, 5.41) is 2.78. The van der Waals surface area contributed by atoms with Gasteiger partial charge in [0.25, 0.3) is 0 Å². The maximum absolute atomic E-state index is 13.1. The molecule has 164 valence electrons. The summed E-state index contributed by atoms with van der Waals surface area (Å²) < 4.78 is 10.4. The molecular formula is C23H32N2O5. The van der Waals surface area contributed by atoms with Gasteiger partial charge in [-0.25, -0.2) is 9.59 Å². The predicted molar refractivity (Wildman–Crippen MR) is 114 cm³/mol. The molecule has 1 saturated heterocycles. The summed E-state index contributed by atoms with van der Waals surface area (Å²) in [5.41, 5.74) is 0.217. The first kappa shape index (κ1) is 23.4. The molecule has 7 nitrogen and oxygen atoms in total. The van der Waals surface area contributed by atoms with E-state index in [9.17, 15) is 14.4 Å². The minimum absolute atomic E-state index is 0.168. The molecule has 1 fully saturated rings. The van der Waals surface area contributed by atoms with Crippen LogP contribution in [0.25, 0.3) is 0 Å². The van der Waals surface area contributed by atoms with Gasteiger partial charge in [0.05, 0.1) is 7.11 Å². The first-order valence-electron chi connectivity index (χ1n) is 10.2. The number of hydrogen-bond donors (Lipinski definition) is 1. The lowest BCUT2D eigenvalue weighted by molar-refractivity contribution is -0.145. The normalized spacial score (nSPS) is 19.7. The number of carbonyl (C=O) groups is 3. The minimum atomic E-state index is -0.844. The second-order valence-corrected chi connectivity index (χ2v) is 8.43. The molecule has 30 heavy (non-hydrogen) atoms. The zero-order valence-electron chi connectivity index (χ0n) is 18.2. The van der Waals surface area contributed by atoms with Crippen molar-refractivity contribution in [2.45, 2.75) is 70.2 Å². The molecule has 0 spiro atoms. The number of carbonyl (C=O) groups excluding carboxylic acids is 3. The smallest absolute Gasteiger partial charge is 0.411 e. The van der Waals surface area contributed by atoms with Crippen LogP contribution in [-0.2, 0) is 25.5 Å². The molecular weight excluding hydrogens is 384 g/mol. The van der Waals surface area contributed by atoms with E-state index < -0.39 is 35.7 Å². The standard InChI is InChI=1S/C23H32N2O5/c1-6-10-17-13-14-19(25(17)22(28)30-23(2,3)4)20(26)24-18(21(27)29-5)15-16-11-8-7-9-12-16/h6-9,11-12,17-19H,1,10,13-15H2,2-5H3,(H,24,26)/t17?,18-,19-/m0/s1. The zero-order valence-corrected chi connectivity index (χ0v) is 18.2. The van der Waals surface area contributed by atoms with E-state index in [4.69, 9.17) is 9.47 Å². The number of hydrogen-bond acceptors (Lipinski definition) is 5. The second-order valence-electron chi connectivity index (χ2n) is 8.43. The summed E-state index contributed by atoms with van der Waals surface area (Å²) in [4.78, 5) is 39.7. The summed E-state index contributed by atoms with van der Waals surface area (Å²) >= 11 is 0. The molecule has 0 bridgehead atoms. The summed E-state index contributed by atoms with van der Waals surface area (Å²) in [6.07, 6.45) is 3.20. The van der Waals surface area contributed by atoms with Crippen molar-refractivity contribution in [1.82, 2.24) is 10.2 Å². The van der Waals surface area contributed by atoms with Crippen LogP contribution in [0.5, 0.6) is 0 Å². The number of nitrogens with zero attached hydrogens (tertiary/aromatic N) is 1. The summed E-state index contributed by atoms with van der Waals surface area (Å²) in [7, 11) is 1.29. The predicted octanol–water partition coefficient (Wildman–Crippen LogP) is 3.23. The quantitative estimate of drug-likeness (QED) is 0.545. The van der Waals surface area contributed by atoms with Gasteiger partial charge >= 0.3 is 12.1 Å². The fourth-order valence-corrected chi connectivity index (χ4v) is 3.61. The maximum Gasteiger partial charge on any atom is 0.411 e. The number of benzene rings is 1. The highest BCUT2D eigenvalue weighted by molar-refractivity contribution is 5.90. The molecule has 0 aliphatic carbocycles. The van der Waals surface area contributed by atoms with E-state index in [-0.39, 0.29) is 6.04 Å². The molecule has 7 heteroatoms. The van der Waals surface area contributed by atoms with Gasteiger partial charge in [0.15, 0.2) is 0 Å². The van der Waals surface area contributed by atoms with Crippen LogP contribution < -0.4 is 5.32 Å². The molecule has 1 aliphatic heterocycles. The van der Waals surface area contributed by atoms with Crippen LogP contribution in [0.15, 0.2) is 43.0 Å². The van der Waals surface area contributed by atoms with E-state index in [0.717, 1.165) is 5.56 Å². The molecule has 1 aliphatic rings. The average Bonchev–Trinajstić information content (AvgIpc) is 3.10. The Labute approximate surface area is 178 Å². The first-order valence-corrected chi connectivity index (χ1v) is 10.2. The number of rotatable bonds is 7. The fraction of sp³-hybridized carbons (Fsp3) is 0.522. The Balaban J connectivity index is 2.18. The van der Waals surface area contributed by atoms with Crippen molar-refractivity contribution >= 4 is 18.0 Å². The SMILES string of the molecule is C=CCC1CC[C@@H](C(=O)N[C@@H](Cc2ccccc2)C(=O)OC)N1C(=O)OC(C)(C)C. The van der Waals surface area contributed by atoms with Crippen LogP contribution in [0.2, 0.25) is 0 Å². The van der Waals surface area contributed by atoms with Crippen LogP contribution in [0, 0.1) is 0 Å².